The fraction of sp³-hybridized carbons (Fsp3) is 0.0769. The van der Waals surface area contributed by atoms with Crippen LogP contribution in [0.5, 0.6) is 11.5 Å². The maximum absolute atomic E-state index is 11.7. The summed E-state index contributed by atoms with van der Waals surface area (Å²) in [6.07, 6.45) is 0.926. The Balaban J connectivity index is 1.94. The largest absolute Gasteiger partial charge is 0.504 e. The molecule has 0 saturated carbocycles. The highest BCUT2D eigenvalue weighted by Crippen LogP contribution is 2.24. The quantitative estimate of drug-likeness (QED) is 0.644. The van der Waals surface area contributed by atoms with Crippen molar-refractivity contribution in [3.63, 3.8) is 0 Å². The van der Waals surface area contributed by atoms with E-state index in [-0.39, 0.29) is 18.1 Å². The van der Waals surface area contributed by atoms with Gasteiger partial charge in [-0.25, -0.2) is 4.98 Å². The second-order valence-electron chi connectivity index (χ2n) is 4.11. The number of halogens is 1. The smallest absolute Gasteiger partial charge is 0.291 e. The molecule has 1 aromatic heterocycles. The van der Waals surface area contributed by atoms with Gasteiger partial charge in [-0.3, -0.25) is 14.9 Å². The molecule has 8 nitrogen and oxygen atoms in total. The highest BCUT2D eigenvalue weighted by Gasteiger charge is 2.13. The lowest BCUT2D eigenvalue weighted by Gasteiger charge is -2.08. The third-order valence-corrected chi connectivity index (χ3v) is 2.76. The van der Waals surface area contributed by atoms with E-state index in [0.29, 0.717) is 10.8 Å². The normalized spacial score (nSPS) is 10.0. The Hall–Kier alpha value is -2.87. The Labute approximate surface area is 129 Å². The standard InChI is InChI=1S/C13H10ClN3O5/c14-8-1-3-10(4-2-8)22-7-12(19)16-13-11(18)5-9(6-15-13)17(20)21/h1-6,18H,7H2,(H,15,16,19). The summed E-state index contributed by atoms with van der Waals surface area (Å²) < 4.78 is 5.21. The van der Waals surface area contributed by atoms with E-state index in [1.54, 1.807) is 24.3 Å². The van der Waals surface area contributed by atoms with Crippen molar-refractivity contribution in [3.05, 3.63) is 51.7 Å². The van der Waals surface area contributed by atoms with Crippen LogP contribution in [0.15, 0.2) is 36.5 Å². The molecule has 9 heteroatoms. The number of benzene rings is 1. The average molecular weight is 324 g/mol. The number of amides is 1. The third kappa shape index (κ3) is 4.06. The van der Waals surface area contributed by atoms with Crippen molar-refractivity contribution in [1.82, 2.24) is 4.98 Å². The van der Waals surface area contributed by atoms with Crippen LogP contribution in [0, 0.1) is 10.1 Å². The number of hydrogen-bond donors (Lipinski definition) is 2. The number of rotatable bonds is 5. The summed E-state index contributed by atoms with van der Waals surface area (Å²) in [4.78, 5) is 25.1. The minimum absolute atomic E-state index is 0.185. The Morgan fingerprint density at radius 2 is 2.09 bits per heavy atom. The molecular weight excluding hydrogens is 314 g/mol. The van der Waals surface area contributed by atoms with Crippen molar-refractivity contribution in [2.75, 3.05) is 11.9 Å². The van der Waals surface area contributed by atoms with Crippen LogP contribution in [0.25, 0.3) is 0 Å². The average Bonchev–Trinajstić information content (AvgIpc) is 2.48. The fourth-order valence-corrected chi connectivity index (χ4v) is 1.61. The Morgan fingerprint density at radius 1 is 1.41 bits per heavy atom. The van der Waals surface area contributed by atoms with Gasteiger partial charge in [-0.2, -0.15) is 0 Å². The van der Waals surface area contributed by atoms with Crippen molar-refractivity contribution in [1.29, 1.82) is 0 Å². The summed E-state index contributed by atoms with van der Waals surface area (Å²) in [6, 6.07) is 7.30. The zero-order valence-electron chi connectivity index (χ0n) is 11.0. The van der Waals surface area contributed by atoms with E-state index < -0.39 is 16.6 Å². The van der Waals surface area contributed by atoms with Gasteiger partial charge in [-0.15, -0.1) is 0 Å². The molecule has 2 aromatic rings. The number of aromatic nitrogens is 1. The maximum atomic E-state index is 11.7. The lowest BCUT2D eigenvalue weighted by atomic mass is 10.3. The van der Waals surface area contributed by atoms with Crippen LogP contribution in [0.2, 0.25) is 5.02 Å². The zero-order chi connectivity index (χ0) is 16.1. The molecular formula is C13H10ClN3O5. The van der Waals surface area contributed by atoms with Crippen molar-refractivity contribution in [2.24, 2.45) is 0 Å². The van der Waals surface area contributed by atoms with Crippen LogP contribution < -0.4 is 10.1 Å². The van der Waals surface area contributed by atoms with Gasteiger partial charge < -0.3 is 15.2 Å². The highest BCUT2D eigenvalue weighted by molar-refractivity contribution is 6.30. The van der Waals surface area contributed by atoms with Crippen LogP contribution in [0.1, 0.15) is 0 Å². The SMILES string of the molecule is O=C(COc1ccc(Cl)cc1)Nc1ncc([N+](=O)[O-])cc1O. The lowest BCUT2D eigenvalue weighted by Crippen LogP contribution is -2.20. The number of hydrogen-bond acceptors (Lipinski definition) is 6. The fourth-order valence-electron chi connectivity index (χ4n) is 1.49. The molecule has 0 aliphatic rings. The van der Waals surface area contributed by atoms with Gasteiger partial charge in [0, 0.05) is 5.02 Å². The number of aromatic hydroxyl groups is 1. The summed E-state index contributed by atoms with van der Waals surface area (Å²) in [5, 5.41) is 22.9. The predicted molar refractivity (Wildman–Crippen MR) is 78.1 cm³/mol. The van der Waals surface area contributed by atoms with Crippen LogP contribution >= 0.6 is 11.6 Å². The Kier molecular flexibility index (Phi) is 4.74. The molecule has 22 heavy (non-hydrogen) atoms. The summed E-state index contributed by atoms with van der Waals surface area (Å²) in [5.41, 5.74) is -0.382. The van der Waals surface area contributed by atoms with Crippen LogP contribution in [0.3, 0.4) is 0 Å². The van der Waals surface area contributed by atoms with Gasteiger partial charge in [0.2, 0.25) is 0 Å². The second-order valence-corrected chi connectivity index (χ2v) is 4.55. The number of nitrogens with zero attached hydrogens (tertiary/aromatic N) is 2. The van der Waals surface area contributed by atoms with Crippen LogP contribution in [-0.4, -0.2) is 27.5 Å². The summed E-state index contributed by atoms with van der Waals surface area (Å²) in [5.74, 6) is -0.823. The molecule has 0 spiro atoms. The van der Waals surface area contributed by atoms with Crippen molar-refractivity contribution >= 4 is 29.0 Å². The maximum Gasteiger partial charge on any atom is 0.291 e. The molecule has 0 bridgehead atoms. The summed E-state index contributed by atoms with van der Waals surface area (Å²) >= 11 is 5.72. The molecule has 1 amide bonds. The number of pyridine rings is 1. The Morgan fingerprint density at radius 3 is 2.68 bits per heavy atom. The highest BCUT2D eigenvalue weighted by atomic mass is 35.5. The molecule has 114 valence electrons. The van der Waals surface area contributed by atoms with Crippen molar-refractivity contribution < 1.29 is 19.6 Å². The summed E-state index contributed by atoms with van der Waals surface area (Å²) in [6.45, 7) is -0.320. The first-order valence-corrected chi connectivity index (χ1v) is 6.35. The number of anilines is 1. The van der Waals surface area contributed by atoms with Gasteiger partial charge in [0.05, 0.1) is 11.0 Å². The molecule has 0 aliphatic heterocycles. The van der Waals surface area contributed by atoms with Gasteiger partial charge in [0.15, 0.2) is 18.2 Å². The topological polar surface area (TPSA) is 115 Å². The first-order valence-electron chi connectivity index (χ1n) is 5.97. The van der Waals surface area contributed by atoms with Crippen molar-refractivity contribution in [2.45, 2.75) is 0 Å². The van der Waals surface area contributed by atoms with Gasteiger partial charge in [-0.1, -0.05) is 11.6 Å². The van der Waals surface area contributed by atoms with E-state index in [1.807, 2.05) is 0 Å². The molecule has 1 aromatic carbocycles. The molecule has 2 N–H and O–H groups in total. The molecule has 0 saturated heterocycles. The van der Waals surface area contributed by atoms with Gasteiger partial charge in [0.1, 0.15) is 11.9 Å². The number of nitro groups is 1. The minimum atomic E-state index is -0.706. The molecule has 0 atom stereocenters. The molecule has 0 fully saturated rings. The van der Waals surface area contributed by atoms with Gasteiger partial charge in [0.25, 0.3) is 11.6 Å². The van der Waals surface area contributed by atoms with Gasteiger partial charge in [-0.05, 0) is 24.3 Å². The molecule has 0 radical (unpaired) electrons. The van der Waals surface area contributed by atoms with E-state index in [9.17, 15) is 20.0 Å². The second kappa shape index (κ2) is 6.72. The summed E-state index contributed by atoms with van der Waals surface area (Å²) in [7, 11) is 0. The molecule has 2 rings (SSSR count). The van der Waals surface area contributed by atoms with E-state index >= 15 is 0 Å². The number of carbonyl (C=O) groups is 1. The first-order chi connectivity index (χ1) is 10.5. The van der Waals surface area contributed by atoms with E-state index in [0.717, 1.165) is 12.3 Å². The Bertz CT molecular complexity index is 705. The lowest BCUT2D eigenvalue weighted by molar-refractivity contribution is -0.385. The molecule has 0 aliphatic carbocycles. The van der Waals surface area contributed by atoms with Crippen LogP contribution in [0.4, 0.5) is 11.5 Å². The predicted octanol–water partition coefficient (Wildman–Crippen LogP) is 2.37. The monoisotopic (exact) mass is 323 g/mol. The van der Waals surface area contributed by atoms with E-state index in [4.69, 9.17) is 16.3 Å². The van der Waals surface area contributed by atoms with Crippen LogP contribution in [-0.2, 0) is 4.79 Å². The number of carbonyl (C=O) groups excluding carboxylic acids is 1. The zero-order valence-corrected chi connectivity index (χ0v) is 11.8. The first kappa shape index (κ1) is 15.5. The minimum Gasteiger partial charge on any atom is -0.504 e. The van der Waals surface area contributed by atoms with Crippen molar-refractivity contribution in [3.8, 4) is 11.5 Å². The molecule has 0 unspecified atom stereocenters. The number of nitrogens with one attached hydrogen (secondary N) is 1. The van der Waals surface area contributed by atoms with E-state index in [1.165, 1.54) is 0 Å². The number of ether oxygens (including phenoxy) is 1. The third-order valence-electron chi connectivity index (χ3n) is 2.51. The van der Waals surface area contributed by atoms with E-state index in [2.05, 4.69) is 10.3 Å². The van der Waals surface area contributed by atoms with Gasteiger partial charge >= 0.3 is 0 Å². The molecule has 1 heterocycles.